The summed E-state index contributed by atoms with van der Waals surface area (Å²) in [5, 5.41) is 26.3. The van der Waals surface area contributed by atoms with Gasteiger partial charge in [-0.1, -0.05) is 32.0 Å². The fourth-order valence-corrected chi connectivity index (χ4v) is 3.74. The fourth-order valence-electron chi connectivity index (χ4n) is 3.74. The van der Waals surface area contributed by atoms with Crippen molar-refractivity contribution in [1.82, 2.24) is 20.9 Å². The summed E-state index contributed by atoms with van der Waals surface area (Å²) in [4.78, 5) is 75.6. The van der Waals surface area contributed by atoms with Crippen molar-refractivity contribution >= 4 is 46.5 Å². The molecule has 1 aromatic carbocycles. The smallest absolute Gasteiger partial charge is 0.326 e. The molecule has 0 saturated heterocycles. The van der Waals surface area contributed by atoms with Crippen molar-refractivity contribution in [2.75, 3.05) is 0 Å². The lowest BCUT2D eigenvalue weighted by Crippen LogP contribution is -2.59. The van der Waals surface area contributed by atoms with Gasteiger partial charge in [0.2, 0.25) is 23.6 Å². The van der Waals surface area contributed by atoms with E-state index in [-0.39, 0.29) is 6.42 Å². The van der Waals surface area contributed by atoms with Crippen LogP contribution in [0.25, 0.3) is 10.9 Å². The molecule has 206 valence electrons. The number of primary amides is 1. The molecule has 4 atom stereocenters. The predicted octanol–water partition coefficient (Wildman–Crippen LogP) is -1.42. The molecular formula is C24H32N6O8. The molecule has 1 heterocycles. The Morgan fingerprint density at radius 3 is 2.11 bits per heavy atom. The molecule has 38 heavy (non-hydrogen) atoms. The van der Waals surface area contributed by atoms with Gasteiger partial charge in [0, 0.05) is 23.5 Å². The van der Waals surface area contributed by atoms with Gasteiger partial charge in [-0.15, -0.1) is 0 Å². The molecule has 0 aliphatic carbocycles. The first-order chi connectivity index (χ1) is 17.8. The van der Waals surface area contributed by atoms with Gasteiger partial charge in [-0.25, -0.2) is 4.79 Å². The Kier molecular flexibility index (Phi) is 10.3. The van der Waals surface area contributed by atoms with Crippen LogP contribution in [0.15, 0.2) is 30.5 Å². The molecule has 0 saturated carbocycles. The lowest BCUT2D eigenvalue weighted by Gasteiger charge is -2.26. The zero-order valence-corrected chi connectivity index (χ0v) is 20.9. The molecule has 4 unspecified atom stereocenters. The van der Waals surface area contributed by atoms with Crippen LogP contribution in [0.1, 0.15) is 32.3 Å². The average molecular weight is 533 g/mol. The van der Waals surface area contributed by atoms with Gasteiger partial charge in [-0.05, 0) is 17.5 Å². The van der Waals surface area contributed by atoms with Gasteiger partial charge in [0.15, 0.2) is 0 Å². The molecule has 10 N–H and O–H groups in total. The lowest BCUT2D eigenvalue weighted by molar-refractivity contribution is -0.142. The normalized spacial score (nSPS) is 14.2. The van der Waals surface area contributed by atoms with Gasteiger partial charge in [-0.2, -0.15) is 0 Å². The molecular weight excluding hydrogens is 500 g/mol. The fraction of sp³-hybridized carbons (Fsp3) is 0.417. The maximum absolute atomic E-state index is 13.0. The molecule has 14 nitrogen and oxygen atoms in total. The number of fused-ring (bicyclic) bond motifs is 1. The van der Waals surface area contributed by atoms with Crippen molar-refractivity contribution in [2.45, 2.75) is 57.3 Å². The van der Waals surface area contributed by atoms with Gasteiger partial charge in [0.1, 0.15) is 18.1 Å². The molecule has 1 aromatic heterocycles. The highest BCUT2D eigenvalue weighted by atomic mass is 16.4. The number of carboxylic acid groups (broad SMARTS) is 2. The van der Waals surface area contributed by atoms with Crippen LogP contribution in [0.3, 0.4) is 0 Å². The molecule has 0 radical (unpaired) electrons. The summed E-state index contributed by atoms with van der Waals surface area (Å²) in [7, 11) is 0. The number of nitrogens with one attached hydrogen (secondary N) is 4. The summed E-state index contributed by atoms with van der Waals surface area (Å²) >= 11 is 0. The summed E-state index contributed by atoms with van der Waals surface area (Å²) in [6.07, 6.45) is 0.223. The number of carboxylic acids is 2. The minimum atomic E-state index is -1.55. The highest BCUT2D eigenvalue weighted by Crippen LogP contribution is 2.19. The van der Waals surface area contributed by atoms with Crippen molar-refractivity contribution in [3.05, 3.63) is 36.0 Å². The molecule has 0 spiro atoms. The van der Waals surface area contributed by atoms with Gasteiger partial charge in [0.05, 0.1) is 18.9 Å². The highest BCUT2D eigenvalue weighted by molar-refractivity contribution is 5.96. The van der Waals surface area contributed by atoms with Crippen molar-refractivity contribution in [2.24, 2.45) is 17.4 Å². The molecule has 14 heteroatoms. The quantitative estimate of drug-likeness (QED) is 0.142. The topological polar surface area (TPSA) is 247 Å². The van der Waals surface area contributed by atoms with Crippen LogP contribution in [0.2, 0.25) is 0 Å². The number of aromatic amines is 1. The number of nitrogens with two attached hydrogens (primary N) is 2. The van der Waals surface area contributed by atoms with Crippen LogP contribution in [-0.4, -0.2) is 74.9 Å². The van der Waals surface area contributed by atoms with Crippen LogP contribution >= 0.6 is 0 Å². The number of hydrogen-bond acceptors (Lipinski definition) is 7. The van der Waals surface area contributed by atoms with Gasteiger partial charge < -0.3 is 42.6 Å². The number of benzene rings is 1. The van der Waals surface area contributed by atoms with Crippen LogP contribution in [0, 0.1) is 5.92 Å². The van der Waals surface area contributed by atoms with Gasteiger partial charge in [-0.3, -0.25) is 24.0 Å². The number of rotatable bonds is 14. The van der Waals surface area contributed by atoms with E-state index >= 15 is 0 Å². The Morgan fingerprint density at radius 1 is 0.895 bits per heavy atom. The lowest BCUT2D eigenvalue weighted by atomic mass is 10.0. The molecule has 0 fully saturated rings. The Labute approximate surface area is 217 Å². The number of hydrogen-bond donors (Lipinski definition) is 8. The number of aromatic nitrogens is 1. The molecule has 2 aromatic rings. The van der Waals surface area contributed by atoms with Crippen molar-refractivity contribution in [1.29, 1.82) is 0 Å². The van der Waals surface area contributed by atoms with Crippen LogP contribution in [0.4, 0.5) is 0 Å². The first kappa shape index (κ1) is 29.8. The molecule has 0 aliphatic rings. The van der Waals surface area contributed by atoms with Gasteiger partial charge in [0.25, 0.3) is 0 Å². The first-order valence-corrected chi connectivity index (χ1v) is 11.7. The van der Waals surface area contributed by atoms with E-state index in [2.05, 4.69) is 20.9 Å². The van der Waals surface area contributed by atoms with Crippen molar-refractivity contribution < 1.29 is 39.0 Å². The third-order valence-electron chi connectivity index (χ3n) is 5.73. The monoisotopic (exact) mass is 532 g/mol. The SMILES string of the molecule is CC(C)C(NC(=O)C(N)CC(=O)O)C(=O)NC(CC(N)=O)C(=O)NC(Cc1c[nH]c2ccccc12)C(=O)O. The van der Waals surface area contributed by atoms with Crippen molar-refractivity contribution in [3.8, 4) is 0 Å². The third-order valence-corrected chi connectivity index (χ3v) is 5.73. The second kappa shape index (κ2) is 13.2. The van der Waals surface area contributed by atoms with E-state index in [0.717, 1.165) is 10.9 Å². The van der Waals surface area contributed by atoms with Crippen LogP contribution < -0.4 is 27.4 Å². The Bertz CT molecular complexity index is 1210. The maximum atomic E-state index is 13.0. The largest absolute Gasteiger partial charge is 0.481 e. The Hall–Kier alpha value is -4.46. The zero-order valence-electron chi connectivity index (χ0n) is 20.9. The number of H-pyrrole nitrogens is 1. The standard InChI is InChI=1S/C24H32N6O8/c1-11(2)20(30-21(34)14(25)8-19(32)33)23(36)28-16(9-18(26)31)22(35)29-17(24(37)38)7-12-10-27-15-6-4-3-5-13(12)15/h3-6,10-11,14,16-17,20,27H,7-9,25H2,1-2H3,(H2,26,31)(H,28,36)(H,29,35)(H,30,34)(H,32,33)(H,37,38). The summed E-state index contributed by atoms with van der Waals surface area (Å²) < 4.78 is 0. The summed E-state index contributed by atoms with van der Waals surface area (Å²) in [6, 6.07) is 1.58. The van der Waals surface area contributed by atoms with Gasteiger partial charge >= 0.3 is 11.9 Å². The number of para-hydroxylation sites is 1. The minimum absolute atomic E-state index is 0.0888. The second-order valence-electron chi connectivity index (χ2n) is 9.13. The second-order valence-corrected chi connectivity index (χ2v) is 9.13. The zero-order chi connectivity index (χ0) is 28.6. The van der Waals surface area contributed by atoms with E-state index in [1.807, 2.05) is 12.1 Å². The highest BCUT2D eigenvalue weighted by Gasteiger charge is 2.33. The summed E-state index contributed by atoms with van der Waals surface area (Å²) in [6.45, 7) is 3.16. The van der Waals surface area contributed by atoms with E-state index < -0.39 is 78.5 Å². The molecule has 4 amide bonds. The summed E-state index contributed by atoms with van der Waals surface area (Å²) in [5.74, 6) is -6.86. The van der Waals surface area contributed by atoms with E-state index in [1.165, 1.54) is 0 Å². The minimum Gasteiger partial charge on any atom is -0.481 e. The molecule has 0 aliphatic heterocycles. The van der Waals surface area contributed by atoms with E-state index in [9.17, 15) is 33.9 Å². The predicted molar refractivity (Wildman–Crippen MR) is 134 cm³/mol. The number of amides is 4. The molecule has 2 rings (SSSR count). The Morgan fingerprint density at radius 2 is 1.53 bits per heavy atom. The van der Waals surface area contributed by atoms with Crippen LogP contribution in [0.5, 0.6) is 0 Å². The molecule has 0 bridgehead atoms. The van der Waals surface area contributed by atoms with Crippen molar-refractivity contribution in [3.63, 3.8) is 0 Å². The summed E-state index contributed by atoms with van der Waals surface area (Å²) in [5.41, 5.74) is 12.2. The number of aliphatic carboxylic acids is 2. The van der Waals surface area contributed by atoms with E-state index in [0.29, 0.717) is 5.56 Å². The maximum Gasteiger partial charge on any atom is 0.326 e. The third kappa shape index (κ3) is 8.30. The van der Waals surface area contributed by atoms with Crippen LogP contribution in [-0.2, 0) is 35.2 Å². The Balaban J connectivity index is 2.17. The van der Waals surface area contributed by atoms with E-state index in [4.69, 9.17) is 16.6 Å². The number of carbonyl (C=O) groups is 6. The number of carbonyl (C=O) groups excluding carboxylic acids is 4. The van der Waals surface area contributed by atoms with E-state index in [1.54, 1.807) is 32.2 Å². The average Bonchev–Trinajstić information content (AvgIpc) is 3.23. The first-order valence-electron chi connectivity index (χ1n) is 11.7.